The summed E-state index contributed by atoms with van der Waals surface area (Å²) in [6, 6.07) is 10.4. The van der Waals surface area contributed by atoms with Crippen molar-refractivity contribution in [2.45, 2.75) is 12.8 Å². The fourth-order valence-corrected chi connectivity index (χ4v) is 2.43. The highest BCUT2D eigenvalue weighted by atomic mass is 16.2. The van der Waals surface area contributed by atoms with Gasteiger partial charge in [0.15, 0.2) is 0 Å². The van der Waals surface area contributed by atoms with Crippen molar-refractivity contribution in [1.82, 2.24) is 10.2 Å². The number of piperazine rings is 1. The van der Waals surface area contributed by atoms with E-state index in [4.69, 9.17) is 0 Å². The number of rotatable bonds is 5. The van der Waals surface area contributed by atoms with E-state index in [1.54, 1.807) is 0 Å². The fourth-order valence-electron chi connectivity index (χ4n) is 2.43. The van der Waals surface area contributed by atoms with Crippen molar-refractivity contribution in [3.05, 3.63) is 30.3 Å². The third kappa shape index (κ3) is 3.96. The minimum absolute atomic E-state index is 0.294. The number of nitrogens with zero attached hydrogens (tertiary/aromatic N) is 2. The first-order chi connectivity index (χ1) is 9.31. The Morgan fingerprint density at radius 1 is 1.16 bits per heavy atom. The van der Waals surface area contributed by atoms with Crippen LogP contribution in [-0.4, -0.2) is 50.6 Å². The molecule has 4 nitrogen and oxygen atoms in total. The smallest absolute Gasteiger partial charge is 0.222 e. The molecule has 0 atom stereocenters. The Morgan fingerprint density at radius 2 is 1.84 bits per heavy atom. The summed E-state index contributed by atoms with van der Waals surface area (Å²) in [6.45, 7) is 4.46. The van der Waals surface area contributed by atoms with Gasteiger partial charge in [-0.1, -0.05) is 18.2 Å². The molecule has 0 saturated carbocycles. The van der Waals surface area contributed by atoms with Crippen LogP contribution >= 0.6 is 0 Å². The predicted octanol–water partition coefficient (Wildman–Crippen LogP) is 1.33. The molecule has 1 fully saturated rings. The molecule has 1 aromatic carbocycles. The van der Waals surface area contributed by atoms with Crippen molar-refractivity contribution in [3.8, 4) is 0 Å². The van der Waals surface area contributed by atoms with Gasteiger partial charge in [0.25, 0.3) is 0 Å². The van der Waals surface area contributed by atoms with Gasteiger partial charge in [-0.25, -0.2) is 0 Å². The largest absolute Gasteiger partial charge is 0.368 e. The van der Waals surface area contributed by atoms with Crippen LogP contribution in [0, 0.1) is 0 Å². The number of benzene rings is 1. The van der Waals surface area contributed by atoms with Gasteiger partial charge in [-0.2, -0.15) is 0 Å². The molecular weight excluding hydrogens is 238 g/mol. The lowest BCUT2D eigenvalue weighted by molar-refractivity contribution is -0.131. The molecular formula is C15H23N3O. The highest BCUT2D eigenvalue weighted by Crippen LogP contribution is 2.15. The zero-order valence-corrected chi connectivity index (χ0v) is 11.6. The Kier molecular flexibility index (Phi) is 5.21. The number of amides is 1. The average Bonchev–Trinajstić information content (AvgIpc) is 2.48. The van der Waals surface area contributed by atoms with Crippen molar-refractivity contribution in [3.63, 3.8) is 0 Å². The van der Waals surface area contributed by atoms with Crippen LogP contribution in [0.2, 0.25) is 0 Å². The zero-order chi connectivity index (χ0) is 13.5. The first-order valence-electron chi connectivity index (χ1n) is 7.03. The van der Waals surface area contributed by atoms with Crippen LogP contribution < -0.4 is 10.2 Å². The predicted molar refractivity (Wildman–Crippen MR) is 78.4 cm³/mol. The summed E-state index contributed by atoms with van der Waals surface area (Å²) in [4.78, 5) is 16.3. The lowest BCUT2D eigenvalue weighted by Crippen LogP contribution is -2.48. The normalized spacial score (nSPS) is 15.6. The van der Waals surface area contributed by atoms with Gasteiger partial charge in [0, 0.05) is 38.3 Å². The molecule has 1 aromatic rings. The monoisotopic (exact) mass is 261 g/mol. The maximum Gasteiger partial charge on any atom is 0.222 e. The fraction of sp³-hybridized carbons (Fsp3) is 0.533. The number of para-hydroxylation sites is 1. The molecule has 1 saturated heterocycles. The number of anilines is 1. The summed E-state index contributed by atoms with van der Waals surface area (Å²) in [5.41, 5.74) is 1.25. The van der Waals surface area contributed by atoms with E-state index in [0.717, 1.165) is 39.1 Å². The van der Waals surface area contributed by atoms with Crippen molar-refractivity contribution < 1.29 is 4.79 Å². The first-order valence-corrected chi connectivity index (χ1v) is 7.03. The van der Waals surface area contributed by atoms with Crippen LogP contribution in [0.1, 0.15) is 12.8 Å². The number of hydrogen-bond donors (Lipinski definition) is 1. The number of carbonyl (C=O) groups is 1. The van der Waals surface area contributed by atoms with Gasteiger partial charge in [-0.15, -0.1) is 0 Å². The molecule has 0 aromatic heterocycles. The molecule has 104 valence electrons. The minimum atomic E-state index is 0.294. The first kappa shape index (κ1) is 13.9. The Hall–Kier alpha value is -1.55. The van der Waals surface area contributed by atoms with Crippen molar-refractivity contribution in [2.24, 2.45) is 0 Å². The van der Waals surface area contributed by atoms with Crippen LogP contribution in [0.5, 0.6) is 0 Å². The SMILES string of the molecule is CNCCCC(=O)N1CCN(c2ccccc2)CC1. The molecule has 0 unspecified atom stereocenters. The minimum Gasteiger partial charge on any atom is -0.368 e. The van der Waals surface area contributed by atoms with Gasteiger partial charge in [0.05, 0.1) is 0 Å². The molecule has 1 N–H and O–H groups in total. The van der Waals surface area contributed by atoms with Crippen LogP contribution in [0.25, 0.3) is 0 Å². The topological polar surface area (TPSA) is 35.6 Å². The van der Waals surface area contributed by atoms with Crippen LogP contribution in [0.15, 0.2) is 30.3 Å². The Morgan fingerprint density at radius 3 is 2.47 bits per heavy atom. The quantitative estimate of drug-likeness (QED) is 0.812. The molecule has 0 aliphatic carbocycles. The molecule has 0 spiro atoms. The molecule has 19 heavy (non-hydrogen) atoms. The second-order valence-electron chi connectivity index (χ2n) is 4.91. The van der Waals surface area contributed by atoms with E-state index in [2.05, 4.69) is 34.5 Å². The van der Waals surface area contributed by atoms with Gasteiger partial charge in [-0.3, -0.25) is 4.79 Å². The summed E-state index contributed by atoms with van der Waals surface area (Å²) in [5, 5.41) is 3.08. The van der Waals surface area contributed by atoms with E-state index in [1.807, 2.05) is 18.0 Å². The van der Waals surface area contributed by atoms with Crippen molar-refractivity contribution >= 4 is 11.6 Å². The Labute approximate surface area is 115 Å². The van der Waals surface area contributed by atoms with Crippen molar-refractivity contribution in [2.75, 3.05) is 44.7 Å². The van der Waals surface area contributed by atoms with E-state index in [9.17, 15) is 4.79 Å². The van der Waals surface area contributed by atoms with Crippen LogP contribution in [0.4, 0.5) is 5.69 Å². The van der Waals surface area contributed by atoms with Crippen LogP contribution in [-0.2, 0) is 4.79 Å². The molecule has 0 bridgehead atoms. The summed E-state index contributed by atoms with van der Waals surface area (Å²) < 4.78 is 0. The van der Waals surface area contributed by atoms with Crippen molar-refractivity contribution in [1.29, 1.82) is 0 Å². The number of nitrogens with one attached hydrogen (secondary N) is 1. The summed E-state index contributed by atoms with van der Waals surface area (Å²) in [5.74, 6) is 0.294. The highest BCUT2D eigenvalue weighted by Gasteiger charge is 2.20. The Bertz CT molecular complexity index is 386. The average molecular weight is 261 g/mol. The molecule has 2 rings (SSSR count). The molecule has 1 amide bonds. The van der Waals surface area contributed by atoms with Gasteiger partial charge >= 0.3 is 0 Å². The second kappa shape index (κ2) is 7.14. The number of hydrogen-bond acceptors (Lipinski definition) is 3. The van der Waals surface area contributed by atoms with E-state index >= 15 is 0 Å². The van der Waals surface area contributed by atoms with Crippen LogP contribution in [0.3, 0.4) is 0 Å². The standard InChI is InChI=1S/C15H23N3O/c1-16-9-5-8-15(19)18-12-10-17(11-13-18)14-6-3-2-4-7-14/h2-4,6-7,16H,5,8-13H2,1H3. The number of carbonyl (C=O) groups excluding carboxylic acids is 1. The maximum absolute atomic E-state index is 12.0. The Balaban J connectivity index is 1.77. The lowest BCUT2D eigenvalue weighted by atomic mass is 10.2. The van der Waals surface area contributed by atoms with E-state index in [1.165, 1.54) is 5.69 Å². The van der Waals surface area contributed by atoms with E-state index in [0.29, 0.717) is 12.3 Å². The zero-order valence-electron chi connectivity index (χ0n) is 11.6. The summed E-state index contributed by atoms with van der Waals surface area (Å²) >= 11 is 0. The van der Waals surface area contributed by atoms with E-state index in [-0.39, 0.29) is 0 Å². The van der Waals surface area contributed by atoms with Gasteiger partial charge < -0.3 is 15.1 Å². The molecule has 0 radical (unpaired) electrons. The third-order valence-electron chi connectivity index (χ3n) is 3.57. The maximum atomic E-state index is 12.0. The molecule has 4 heteroatoms. The van der Waals surface area contributed by atoms with E-state index < -0.39 is 0 Å². The van der Waals surface area contributed by atoms with Gasteiger partial charge in [-0.05, 0) is 32.1 Å². The molecule has 1 heterocycles. The third-order valence-corrected chi connectivity index (χ3v) is 3.57. The molecule has 1 aliphatic heterocycles. The lowest BCUT2D eigenvalue weighted by Gasteiger charge is -2.36. The second-order valence-corrected chi connectivity index (χ2v) is 4.91. The van der Waals surface area contributed by atoms with Gasteiger partial charge in [0.1, 0.15) is 0 Å². The summed E-state index contributed by atoms with van der Waals surface area (Å²) in [7, 11) is 1.92. The molecule has 1 aliphatic rings. The summed E-state index contributed by atoms with van der Waals surface area (Å²) in [6.07, 6.45) is 1.58. The highest BCUT2D eigenvalue weighted by molar-refractivity contribution is 5.76. The van der Waals surface area contributed by atoms with Gasteiger partial charge in [0.2, 0.25) is 5.91 Å².